The lowest BCUT2D eigenvalue weighted by Crippen LogP contribution is -2.24. The Bertz CT molecular complexity index is 317. The third-order valence-corrected chi connectivity index (χ3v) is 3.92. The SMILES string of the molecule is CCCCCC(O)/C=C/[C@H](O)[C@H](O)CCCCCCCC(=O)O. The van der Waals surface area contributed by atoms with E-state index in [1.165, 1.54) is 6.08 Å². The Kier molecular flexibility index (Phi) is 14.1. The smallest absolute Gasteiger partial charge is 0.303 e. The molecule has 23 heavy (non-hydrogen) atoms. The van der Waals surface area contributed by atoms with E-state index in [4.69, 9.17) is 5.11 Å². The summed E-state index contributed by atoms with van der Waals surface area (Å²) in [5.74, 6) is -0.757. The first-order valence-corrected chi connectivity index (χ1v) is 8.91. The number of hydrogen-bond acceptors (Lipinski definition) is 4. The molecule has 0 aromatic heterocycles. The predicted octanol–water partition coefficient (Wildman–Crippen LogP) is 3.02. The summed E-state index contributed by atoms with van der Waals surface area (Å²) in [5, 5.41) is 37.9. The number of aliphatic hydroxyl groups excluding tert-OH is 3. The summed E-state index contributed by atoms with van der Waals surface area (Å²) in [7, 11) is 0. The van der Waals surface area contributed by atoms with E-state index >= 15 is 0 Å². The van der Waals surface area contributed by atoms with Gasteiger partial charge >= 0.3 is 5.97 Å². The van der Waals surface area contributed by atoms with Crippen LogP contribution in [0.3, 0.4) is 0 Å². The molecule has 0 fully saturated rings. The van der Waals surface area contributed by atoms with Crippen molar-refractivity contribution in [1.29, 1.82) is 0 Å². The molecule has 0 aliphatic rings. The molecular formula is C18H34O5. The van der Waals surface area contributed by atoms with Gasteiger partial charge in [0.05, 0.1) is 18.3 Å². The zero-order chi connectivity index (χ0) is 17.5. The van der Waals surface area contributed by atoms with Gasteiger partial charge in [-0.25, -0.2) is 0 Å². The Balaban J connectivity index is 3.68. The van der Waals surface area contributed by atoms with Gasteiger partial charge < -0.3 is 20.4 Å². The largest absolute Gasteiger partial charge is 0.481 e. The number of unbranched alkanes of at least 4 members (excludes halogenated alkanes) is 6. The average molecular weight is 330 g/mol. The standard InChI is InChI=1S/C18H34O5/c1-2-3-7-10-15(19)13-14-17(21)16(20)11-8-5-4-6-9-12-18(22)23/h13-17,19-21H,2-12H2,1H3,(H,22,23)/b14-13+/t15?,16-,17+/m1/s1. The van der Waals surface area contributed by atoms with E-state index in [0.717, 1.165) is 44.9 Å². The topological polar surface area (TPSA) is 98.0 Å². The molecule has 1 unspecified atom stereocenters. The van der Waals surface area contributed by atoms with Crippen molar-refractivity contribution in [1.82, 2.24) is 0 Å². The number of carboxylic acid groups (broad SMARTS) is 1. The maximum absolute atomic E-state index is 10.4. The van der Waals surface area contributed by atoms with Gasteiger partial charge in [0.25, 0.3) is 0 Å². The van der Waals surface area contributed by atoms with Crippen LogP contribution in [0.4, 0.5) is 0 Å². The van der Waals surface area contributed by atoms with Gasteiger partial charge in [0, 0.05) is 6.42 Å². The molecule has 0 saturated carbocycles. The summed E-state index contributed by atoms with van der Waals surface area (Å²) in [5.41, 5.74) is 0. The van der Waals surface area contributed by atoms with E-state index in [0.29, 0.717) is 19.3 Å². The van der Waals surface area contributed by atoms with Gasteiger partial charge in [0.2, 0.25) is 0 Å². The summed E-state index contributed by atoms with van der Waals surface area (Å²) in [6, 6.07) is 0. The summed E-state index contributed by atoms with van der Waals surface area (Å²) >= 11 is 0. The molecule has 0 radical (unpaired) electrons. The molecule has 0 aromatic rings. The number of rotatable bonds is 15. The van der Waals surface area contributed by atoms with E-state index in [-0.39, 0.29) is 6.42 Å². The lowest BCUT2D eigenvalue weighted by molar-refractivity contribution is -0.137. The van der Waals surface area contributed by atoms with Crippen LogP contribution in [-0.2, 0) is 4.79 Å². The normalized spacial score (nSPS) is 15.7. The Morgan fingerprint density at radius 1 is 0.870 bits per heavy atom. The van der Waals surface area contributed by atoms with E-state index < -0.39 is 24.3 Å². The molecule has 0 bridgehead atoms. The van der Waals surface area contributed by atoms with Crippen LogP contribution in [0.1, 0.15) is 77.6 Å². The zero-order valence-corrected chi connectivity index (χ0v) is 14.4. The van der Waals surface area contributed by atoms with Crippen LogP contribution < -0.4 is 0 Å². The minimum atomic E-state index is -0.942. The monoisotopic (exact) mass is 330 g/mol. The molecule has 5 heteroatoms. The van der Waals surface area contributed by atoms with Gasteiger partial charge in [-0.1, -0.05) is 64.0 Å². The Hall–Kier alpha value is -0.910. The van der Waals surface area contributed by atoms with Gasteiger partial charge in [0.15, 0.2) is 0 Å². The number of hydrogen-bond donors (Lipinski definition) is 4. The van der Waals surface area contributed by atoms with E-state index in [9.17, 15) is 20.1 Å². The third kappa shape index (κ3) is 14.4. The molecule has 3 atom stereocenters. The molecule has 0 saturated heterocycles. The third-order valence-electron chi connectivity index (χ3n) is 3.92. The second-order valence-corrected chi connectivity index (χ2v) is 6.21. The molecular weight excluding hydrogens is 296 g/mol. The van der Waals surface area contributed by atoms with Crippen LogP contribution in [0.25, 0.3) is 0 Å². The molecule has 0 heterocycles. The highest BCUT2D eigenvalue weighted by Gasteiger charge is 2.13. The quantitative estimate of drug-likeness (QED) is 0.273. The fourth-order valence-corrected chi connectivity index (χ4v) is 2.40. The van der Waals surface area contributed by atoms with Crippen molar-refractivity contribution < 1.29 is 25.2 Å². The van der Waals surface area contributed by atoms with Crippen molar-refractivity contribution >= 4 is 5.97 Å². The Morgan fingerprint density at radius 3 is 2.13 bits per heavy atom. The second kappa shape index (κ2) is 14.7. The fourth-order valence-electron chi connectivity index (χ4n) is 2.40. The summed E-state index contributed by atoms with van der Waals surface area (Å²) < 4.78 is 0. The minimum absolute atomic E-state index is 0.215. The van der Waals surface area contributed by atoms with E-state index in [1.807, 2.05) is 0 Å². The minimum Gasteiger partial charge on any atom is -0.481 e. The zero-order valence-electron chi connectivity index (χ0n) is 14.4. The van der Waals surface area contributed by atoms with Crippen LogP contribution in [0.15, 0.2) is 12.2 Å². The Labute approximate surface area is 140 Å². The van der Waals surface area contributed by atoms with Crippen LogP contribution >= 0.6 is 0 Å². The summed E-state index contributed by atoms with van der Waals surface area (Å²) in [4.78, 5) is 10.4. The number of aliphatic hydroxyl groups is 3. The van der Waals surface area contributed by atoms with Crippen LogP contribution in [-0.4, -0.2) is 44.7 Å². The molecule has 0 amide bonds. The Morgan fingerprint density at radius 2 is 1.48 bits per heavy atom. The average Bonchev–Trinajstić information content (AvgIpc) is 2.51. The number of carbonyl (C=O) groups is 1. The first-order chi connectivity index (χ1) is 11.0. The van der Waals surface area contributed by atoms with Gasteiger partial charge in [-0.2, -0.15) is 0 Å². The highest BCUT2D eigenvalue weighted by Crippen LogP contribution is 2.12. The first-order valence-electron chi connectivity index (χ1n) is 8.91. The van der Waals surface area contributed by atoms with Crippen molar-refractivity contribution in [3.8, 4) is 0 Å². The van der Waals surface area contributed by atoms with Crippen molar-refractivity contribution in [3.05, 3.63) is 12.2 Å². The van der Waals surface area contributed by atoms with Crippen molar-refractivity contribution in [2.24, 2.45) is 0 Å². The highest BCUT2D eigenvalue weighted by molar-refractivity contribution is 5.66. The molecule has 0 spiro atoms. The summed E-state index contributed by atoms with van der Waals surface area (Å²) in [6.45, 7) is 2.11. The number of aliphatic carboxylic acids is 1. The first kappa shape index (κ1) is 22.1. The fraction of sp³-hybridized carbons (Fsp3) is 0.833. The van der Waals surface area contributed by atoms with Crippen LogP contribution in [0.2, 0.25) is 0 Å². The molecule has 0 aliphatic heterocycles. The molecule has 0 aromatic carbocycles. The second-order valence-electron chi connectivity index (χ2n) is 6.21. The van der Waals surface area contributed by atoms with Crippen molar-refractivity contribution in [2.45, 2.75) is 95.9 Å². The molecule has 0 aliphatic carbocycles. The summed E-state index contributed by atoms with van der Waals surface area (Å²) in [6.07, 6.45) is 9.55. The van der Waals surface area contributed by atoms with Gasteiger partial charge in [-0.15, -0.1) is 0 Å². The van der Waals surface area contributed by atoms with Gasteiger partial charge in [-0.3, -0.25) is 4.79 Å². The lowest BCUT2D eigenvalue weighted by atomic mass is 10.0. The van der Waals surface area contributed by atoms with E-state index in [1.54, 1.807) is 6.08 Å². The van der Waals surface area contributed by atoms with Crippen LogP contribution in [0, 0.1) is 0 Å². The van der Waals surface area contributed by atoms with Crippen molar-refractivity contribution in [3.63, 3.8) is 0 Å². The van der Waals surface area contributed by atoms with Crippen molar-refractivity contribution in [2.75, 3.05) is 0 Å². The number of carboxylic acids is 1. The maximum Gasteiger partial charge on any atom is 0.303 e. The van der Waals surface area contributed by atoms with Gasteiger partial charge in [0.1, 0.15) is 0 Å². The predicted molar refractivity (Wildman–Crippen MR) is 91.3 cm³/mol. The molecule has 4 N–H and O–H groups in total. The molecule has 0 rings (SSSR count). The van der Waals surface area contributed by atoms with Crippen LogP contribution in [0.5, 0.6) is 0 Å². The highest BCUT2D eigenvalue weighted by atomic mass is 16.4. The lowest BCUT2D eigenvalue weighted by Gasteiger charge is -2.15. The maximum atomic E-state index is 10.4. The molecule has 5 nitrogen and oxygen atoms in total. The van der Waals surface area contributed by atoms with E-state index in [2.05, 4.69) is 6.92 Å². The van der Waals surface area contributed by atoms with Gasteiger partial charge in [-0.05, 0) is 19.3 Å². The molecule has 136 valence electrons.